The van der Waals surface area contributed by atoms with Gasteiger partial charge in [-0.3, -0.25) is 18.7 Å². The fourth-order valence-corrected chi connectivity index (χ4v) is 4.25. The Hall–Kier alpha value is -3.72. The first-order chi connectivity index (χ1) is 15.8. The number of benzene rings is 2. The number of thioether (sulfide) groups is 1. The van der Waals surface area contributed by atoms with Crippen molar-refractivity contribution in [2.24, 2.45) is 14.1 Å². The SMILES string of the molecule is Cc1ccc(C)c(NC(=O)CSc2nc(-c3ccccc3)nc3c2c(=O)n(C)c(=O)n3C)c1. The van der Waals surface area contributed by atoms with Gasteiger partial charge in [-0.05, 0) is 31.0 Å². The lowest BCUT2D eigenvalue weighted by Crippen LogP contribution is -2.37. The predicted molar refractivity (Wildman–Crippen MR) is 131 cm³/mol. The Morgan fingerprint density at radius 3 is 2.45 bits per heavy atom. The van der Waals surface area contributed by atoms with Gasteiger partial charge in [-0.2, -0.15) is 0 Å². The quantitative estimate of drug-likeness (QED) is 0.362. The van der Waals surface area contributed by atoms with Crippen molar-refractivity contribution in [1.29, 1.82) is 0 Å². The largest absolute Gasteiger partial charge is 0.332 e. The number of hydrogen-bond acceptors (Lipinski definition) is 6. The highest BCUT2D eigenvalue weighted by Gasteiger charge is 2.19. The number of fused-ring (bicyclic) bond motifs is 1. The third-order valence-corrected chi connectivity index (χ3v) is 6.28. The summed E-state index contributed by atoms with van der Waals surface area (Å²) in [6.45, 7) is 3.89. The maximum absolute atomic E-state index is 12.9. The Balaban J connectivity index is 1.75. The van der Waals surface area contributed by atoms with Gasteiger partial charge in [0.05, 0.1) is 5.75 Å². The Morgan fingerprint density at radius 2 is 1.73 bits per heavy atom. The van der Waals surface area contributed by atoms with E-state index in [0.29, 0.717) is 10.9 Å². The van der Waals surface area contributed by atoms with Crippen LogP contribution in [0, 0.1) is 13.8 Å². The first-order valence-corrected chi connectivity index (χ1v) is 11.3. The van der Waals surface area contributed by atoms with Crippen LogP contribution in [0.2, 0.25) is 0 Å². The van der Waals surface area contributed by atoms with E-state index in [1.165, 1.54) is 11.6 Å². The highest BCUT2D eigenvalue weighted by molar-refractivity contribution is 8.00. The molecule has 0 aliphatic heterocycles. The van der Waals surface area contributed by atoms with Gasteiger partial charge in [0.2, 0.25) is 5.91 Å². The van der Waals surface area contributed by atoms with Crippen LogP contribution in [0.4, 0.5) is 5.69 Å². The van der Waals surface area contributed by atoms with E-state index in [1.807, 2.05) is 62.4 Å². The van der Waals surface area contributed by atoms with Gasteiger partial charge in [0.1, 0.15) is 10.4 Å². The molecule has 8 nitrogen and oxygen atoms in total. The third kappa shape index (κ3) is 4.45. The molecule has 0 aliphatic rings. The number of anilines is 1. The highest BCUT2D eigenvalue weighted by atomic mass is 32.2. The third-order valence-electron chi connectivity index (χ3n) is 5.31. The van der Waals surface area contributed by atoms with Gasteiger partial charge in [-0.1, -0.05) is 54.2 Å². The number of carbonyl (C=O) groups excluding carboxylic acids is 1. The Labute approximate surface area is 194 Å². The van der Waals surface area contributed by atoms with Crippen LogP contribution >= 0.6 is 11.8 Å². The average Bonchev–Trinajstić information content (AvgIpc) is 2.82. The van der Waals surface area contributed by atoms with E-state index >= 15 is 0 Å². The first kappa shape index (κ1) is 22.5. The molecule has 0 unspecified atom stereocenters. The molecule has 0 aliphatic carbocycles. The number of nitrogens with zero attached hydrogens (tertiary/aromatic N) is 4. The summed E-state index contributed by atoms with van der Waals surface area (Å²) >= 11 is 1.14. The highest BCUT2D eigenvalue weighted by Crippen LogP contribution is 2.26. The maximum atomic E-state index is 12.9. The topological polar surface area (TPSA) is 98.9 Å². The normalized spacial score (nSPS) is 11.0. The molecule has 4 rings (SSSR count). The average molecular weight is 462 g/mol. The van der Waals surface area contributed by atoms with Crippen LogP contribution in [-0.2, 0) is 18.9 Å². The van der Waals surface area contributed by atoms with E-state index in [1.54, 1.807) is 7.05 Å². The van der Waals surface area contributed by atoms with Crippen molar-refractivity contribution in [3.63, 3.8) is 0 Å². The number of amides is 1. The van der Waals surface area contributed by atoms with Gasteiger partial charge in [-0.15, -0.1) is 0 Å². The summed E-state index contributed by atoms with van der Waals surface area (Å²) in [6, 6.07) is 15.1. The van der Waals surface area contributed by atoms with Crippen molar-refractivity contribution >= 4 is 34.4 Å². The lowest BCUT2D eigenvalue weighted by molar-refractivity contribution is -0.113. The van der Waals surface area contributed by atoms with Crippen molar-refractivity contribution in [2.75, 3.05) is 11.1 Å². The summed E-state index contributed by atoms with van der Waals surface area (Å²) in [4.78, 5) is 47.2. The molecule has 0 bridgehead atoms. The minimum absolute atomic E-state index is 0.0414. The van der Waals surface area contributed by atoms with Gasteiger partial charge in [-0.25, -0.2) is 14.8 Å². The second kappa shape index (κ2) is 9.03. The number of nitrogens with one attached hydrogen (secondary N) is 1. The van der Waals surface area contributed by atoms with Crippen molar-refractivity contribution in [3.8, 4) is 11.4 Å². The smallest absolute Gasteiger partial charge is 0.325 e. The molecule has 2 aromatic heterocycles. The van der Waals surface area contributed by atoms with Gasteiger partial charge >= 0.3 is 5.69 Å². The van der Waals surface area contributed by atoms with Gasteiger partial charge in [0.15, 0.2) is 11.5 Å². The van der Waals surface area contributed by atoms with Crippen LogP contribution < -0.4 is 16.6 Å². The minimum Gasteiger partial charge on any atom is -0.325 e. The van der Waals surface area contributed by atoms with Crippen LogP contribution in [0.25, 0.3) is 22.4 Å². The van der Waals surface area contributed by atoms with Gasteiger partial charge in [0.25, 0.3) is 5.56 Å². The molecule has 0 atom stereocenters. The van der Waals surface area contributed by atoms with Gasteiger partial charge in [0, 0.05) is 25.3 Å². The number of hydrogen-bond donors (Lipinski definition) is 1. The molecule has 168 valence electrons. The summed E-state index contributed by atoms with van der Waals surface area (Å²) in [5, 5.41) is 3.49. The summed E-state index contributed by atoms with van der Waals surface area (Å²) in [6.07, 6.45) is 0. The lowest BCUT2D eigenvalue weighted by atomic mass is 10.1. The van der Waals surface area contributed by atoms with E-state index < -0.39 is 11.2 Å². The zero-order valence-electron chi connectivity index (χ0n) is 18.7. The molecule has 9 heteroatoms. The predicted octanol–water partition coefficient (Wildman–Crippen LogP) is 3.04. The maximum Gasteiger partial charge on any atom is 0.332 e. The molecule has 2 aromatic carbocycles. The summed E-state index contributed by atoms with van der Waals surface area (Å²) in [5.41, 5.74) is 2.75. The molecule has 0 saturated carbocycles. The number of carbonyl (C=O) groups is 1. The second-order valence-corrected chi connectivity index (χ2v) is 8.74. The zero-order valence-corrected chi connectivity index (χ0v) is 19.6. The first-order valence-electron chi connectivity index (χ1n) is 10.3. The number of aromatic nitrogens is 4. The fraction of sp³-hybridized carbons (Fsp3) is 0.208. The molecule has 33 heavy (non-hydrogen) atoms. The Morgan fingerprint density at radius 1 is 1.00 bits per heavy atom. The van der Waals surface area contributed by atoms with Crippen molar-refractivity contribution in [3.05, 3.63) is 80.5 Å². The van der Waals surface area contributed by atoms with Crippen LogP contribution in [-0.4, -0.2) is 30.8 Å². The van der Waals surface area contributed by atoms with Crippen LogP contribution in [0.5, 0.6) is 0 Å². The molecule has 1 N–H and O–H groups in total. The van der Waals surface area contributed by atoms with E-state index in [-0.39, 0.29) is 22.7 Å². The standard InChI is InChI=1S/C24H23N5O3S/c1-14-10-11-15(2)17(12-14)25-18(30)13-33-22-19-21(28(3)24(32)29(4)23(19)31)26-20(27-22)16-8-6-5-7-9-16/h5-12H,13H2,1-4H3,(H,25,30). The molecule has 0 radical (unpaired) electrons. The van der Waals surface area contributed by atoms with Crippen LogP contribution in [0.1, 0.15) is 11.1 Å². The minimum atomic E-state index is -0.495. The Bertz CT molecular complexity index is 1490. The number of aryl methyl sites for hydroxylation is 3. The fourth-order valence-electron chi connectivity index (χ4n) is 3.44. The van der Waals surface area contributed by atoms with Gasteiger partial charge < -0.3 is 5.32 Å². The molecule has 4 aromatic rings. The molecule has 0 saturated heterocycles. The molecular formula is C24H23N5O3S. The second-order valence-electron chi connectivity index (χ2n) is 7.78. The lowest BCUT2D eigenvalue weighted by Gasteiger charge is -2.12. The summed E-state index contributed by atoms with van der Waals surface area (Å²) in [5.74, 6) is 0.201. The monoisotopic (exact) mass is 461 g/mol. The molecule has 0 fully saturated rings. The van der Waals surface area contributed by atoms with E-state index in [4.69, 9.17) is 0 Å². The molecule has 0 spiro atoms. The summed E-state index contributed by atoms with van der Waals surface area (Å²) < 4.78 is 2.35. The van der Waals surface area contributed by atoms with E-state index in [0.717, 1.165) is 38.7 Å². The Kier molecular flexibility index (Phi) is 6.15. The van der Waals surface area contributed by atoms with E-state index in [9.17, 15) is 14.4 Å². The molecular weight excluding hydrogens is 438 g/mol. The van der Waals surface area contributed by atoms with Crippen molar-refractivity contribution in [2.45, 2.75) is 18.9 Å². The molecule has 1 amide bonds. The van der Waals surface area contributed by atoms with Crippen LogP contribution in [0.15, 0.2) is 63.1 Å². The summed E-state index contributed by atoms with van der Waals surface area (Å²) in [7, 11) is 2.98. The van der Waals surface area contributed by atoms with E-state index in [2.05, 4.69) is 15.3 Å². The van der Waals surface area contributed by atoms with Crippen molar-refractivity contribution < 1.29 is 4.79 Å². The number of rotatable bonds is 5. The van der Waals surface area contributed by atoms with Crippen molar-refractivity contribution in [1.82, 2.24) is 19.1 Å². The van der Waals surface area contributed by atoms with Crippen LogP contribution in [0.3, 0.4) is 0 Å². The molecule has 2 heterocycles. The zero-order chi connectivity index (χ0) is 23.7.